The number of benzene rings is 6. The predicted octanol–water partition coefficient (Wildman–Crippen LogP) is 15.9. The third kappa shape index (κ3) is 8.75. The van der Waals surface area contributed by atoms with E-state index < -0.39 is 73.8 Å². The molecule has 6 aromatic carbocycles. The number of halogens is 18. The summed E-state index contributed by atoms with van der Waals surface area (Å²) in [6.45, 7) is -2.34. The summed E-state index contributed by atoms with van der Waals surface area (Å²) in [5.74, 6) is -39.7. The zero-order valence-electron chi connectivity index (χ0n) is 38.9. The van der Waals surface area contributed by atoms with Gasteiger partial charge in [0.2, 0.25) is 17.1 Å². The molecule has 76 heavy (non-hydrogen) atoms. The van der Waals surface area contributed by atoms with Crippen molar-refractivity contribution < 1.29 is 79.0 Å². The van der Waals surface area contributed by atoms with Crippen LogP contribution in [0.15, 0.2) is 157 Å². The Hall–Kier alpha value is -7.19. The van der Waals surface area contributed by atoms with Crippen molar-refractivity contribution in [3.8, 4) is 0 Å². The van der Waals surface area contributed by atoms with Crippen molar-refractivity contribution >= 4 is 72.6 Å². The smallest absolute Gasteiger partial charge is 0.340 e. The number of rotatable bonds is 14. The molecule has 0 radical (unpaired) electrons. The van der Waals surface area contributed by atoms with Gasteiger partial charge in [0, 0.05) is 105 Å². The van der Waals surface area contributed by atoms with E-state index in [1.54, 1.807) is 121 Å². The summed E-state index contributed by atoms with van der Waals surface area (Å²) < 4.78 is 258. The molecule has 1 aliphatic carbocycles. The van der Waals surface area contributed by atoms with Gasteiger partial charge in [-0.05, 0) is 47.9 Å². The van der Waals surface area contributed by atoms with Gasteiger partial charge in [0.05, 0.1) is 0 Å². The Morgan fingerprint density at radius 3 is 1.07 bits per heavy atom. The lowest BCUT2D eigenvalue weighted by molar-refractivity contribution is -0.397. The van der Waals surface area contributed by atoms with Gasteiger partial charge in [-0.2, -0.15) is 83.6 Å². The SMILES string of the molecule is FC(F)(F)C(F)(F)C(F)(F)C(F)(F)CCn1/c(=C/C=C2\CC/C(=C\C=c3/c4cccc5cccc(c54)n3CCC(F)(F)C(F)(F)C(F)(F)C(F)(F)F)C2=[N+](c2ccccc2)c2ccccc2)c2cccc3cccc1c32. The molecule has 0 atom stereocenters. The Morgan fingerprint density at radius 2 is 0.724 bits per heavy atom. The Bertz CT molecular complexity index is 3440. The van der Waals surface area contributed by atoms with E-state index in [9.17, 15) is 61.5 Å². The van der Waals surface area contributed by atoms with Crippen LogP contribution in [0.4, 0.5) is 90.4 Å². The summed E-state index contributed by atoms with van der Waals surface area (Å²) in [4.78, 5) is 0. The highest BCUT2D eigenvalue weighted by atomic mass is 19.4. The van der Waals surface area contributed by atoms with Crippen molar-refractivity contribution in [3.63, 3.8) is 0 Å². The van der Waals surface area contributed by atoms with Gasteiger partial charge in [-0.25, -0.2) is 0 Å². The molecule has 1 fully saturated rings. The predicted molar refractivity (Wildman–Crippen MR) is 254 cm³/mol. The van der Waals surface area contributed by atoms with Crippen LogP contribution in [-0.4, -0.2) is 62.7 Å². The maximum absolute atomic E-state index is 15.2. The Kier molecular flexibility index (Phi) is 13.3. The van der Waals surface area contributed by atoms with E-state index in [1.165, 1.54) is 36.4 Å². The largest absolute Gasteiger partial charge is 0.460 e. The van der Waals surface area contributed by atoms with Crippen LogP contribution < -0.4 is 15.3 Å². The minimum Gasteiger partial charge on any atom is -0.340 e. The van der Waals surface area contributed by atoms with Gasteiger partial charge in [-0.15, -0.1) is 0 Å². The first-order valence-corrected chi connectivity index (χ1v) is 23.1. The van der Waals surface area contributed by atoms with Gasteiger partial charge in [0.1, 0.15) is 0 Å². The highest BCUT2D eigenvalue weighted by Crippen LogP contribution is 2.55. The number of nitrogens with zero attached hydrogens (tertiary/aromatic N) is 3. The van der Waals surface area contributed by atoms with Crippen LogP contribution in [0, 0.1) is 0 Å². The lowest BCUT2D eigenvalue weighted by Crippen LogP contribution is -2.61. The lowest BCUT2D eigenvalue weighted by Gasteiger charge is -2.33. The highest BCUT2D eigenvalue weighted by molar-refractivity contribution is 6.18. The standard InChI is InChI=1S/C55H38F18N3/c56-48(57,50(60,61)52(64,65)54(68,69)70)29-31-74-41(39-19-7-11-33-13-9-21-43(74)45(33)39)27-25-35-23-24-36(47(35)76(37-15-3-1-4-16-37)38-17-5-2-6-18-38)26-28-42-40-20-8-12-34-14-10-22-44(46(34)40)75(42)32-30-49(58,59)51(62,63)53(66,67)55(71,72)73/h1-22,25-28H,23-24,29-32H2/q+1. The van der Waals surface area contributed by atoms with E-state index in [0.29, 0.717) is 60.6 Å². The Balaban J connectivity index is 1.24. The first kappa shape index (κ1) is 53.6. The molecule has 1 aliphatic rings. The second-order valence-corrected chi connectivity index (χ2v) is 18.2. The van der Waals surface area contributed by atoms with Crippen LogP contribution in [-0.2, 0) is 13.1 Å². The van der Waals surface area contributed by atoms with E-state index in [2.05, 4.69) is 0 Å². The normalized spacial score (nSPS) is 16.6. The fourth-order valence-corrected chi connectivity index (χ4v) is 9.79. The molecule has 0 bridgehead atoms. The zero-order chi connectivity index (χ0) is 55.0. The van der Waals surface area contributed by atoms with Crippen LogP contribution in [0.3, 0.4) is 0 Å². The number of aromatic nitrogens is 2. The van der Waals surface area contributed by atoms with Crippen LogP contribution in [0.5, 0.6) is 0 Å². The van der Waals surface area contributed by atoms with Crippen molar-refractivity contribution in [2.75, 3.05) is 0 Å². The first-order valence-electron chi connectivity index (χ1n) is 23.1. The molecule has 0 amide bonds. The van der Waals surface area contributed by atoms with Crippen molar-refractivity contribution in [1.29, 1.82) is 0 Å². The van der Waals surface area contributed by atoms with Gasteiger partial charge in [-0.1, -0.05) is 109 Å². The molecule has 9 rings (SSSR count). The summed E-state index contributed by atoms with van der Waals surface area (Å²) in [7, 11) is 0. The molecule has 398 valence electrons. The first-order chi connectivity index (χ1) is 35.5. The number of alkyl halides is 18. The maximum atomic E-state index is 15.2. The minimum absolute atomic E-state index is 0.0775. The second kappa shape index (κ2) is 18.8. The van der Waals surface area contributed by atoms with Gasteiger partial charge in [-0.3, -0.25) is 0 Å². The average molecular weight is 1080 g/mol. The number of allylic oxidation sites excluding steroid dienone is 4. The zero-order valence-corrected chi connectivity index (χ0v) is 38.9. The summed E-state index contributed by atoms with van der Waals surface area (Å²) in [5, 5.41) is 2.82. The van der Waals surface area contributed by atoms with E-state index >= 15 is 17.6 Å². The van der Waals surface area contributed by atoms with Crippen LogP contribution in [0.1, 0.15) is 25.7 Å². The van der Waals surface area contributed by atoms with E-state index in [-0.39, 0.29) is 34.6 Å². The van der Waals surface area contributed by atoms with Crippen molar-refractivity contribution in [3.05, 3.63) is 167 Å². The number of hydrogen-bond donors (Lipinski definition) is 0. The van der Waals surface area contributed by atoms with Crippen molar-refractivity contribution in [2.24, 2.45) is 0 Å². The van der Waals surface area contributed by atoms with Crippen LogP contribution in [0.25, 0.3) is 55.5 Å². The fraction of sp³-hybridized carbons (Fsp3) is 0.255. The topological polar surface area (TPSA) is 12.9 Å². The molecule has 1 saturated carbocycles. The summed E-state index contributed by atoms with van der Waals surface area (Å²) >= 11 is 0. The van der Waals surface area contributed by atoms with Gasteiger partial charge in [0.15, 0.2) is 0 Å². The van der Waals surface area contributed by atoms with Crippen LogP contribution in [0.2, 0.25) is 0 Å². The van der Waals surface area contributed by atoms with E-state index in [4.69, 9.17) is 0 Å². The second-order valence-electron chi connectivity index (χ2n) is 18.2. The molecule has 0 N–H and O–H groups in total. The molecule has 0 aliphatic heterocycles. The van der Waals surface area contributed by atoms with Crippen molar-refractivity contribution in [1.82, 2.24) is 13.7 Å². The summed E-state index contributed by atoms with van der Waals surface area (Å²) in [6, 6.07) is 36.2. The number of hydrogen-bond acceptors (Lipinski definition) is 0. The minimum atomic E-state index is -7.10. The number of para-hydroxylation sites is 2. The van der Waals surface area contributed by atoms with E-state index in [0.717, 1.165) is 9.13 Å². The molecule has 0 unspecified atom stereocenters. The van der Waals surface area contributed by atoms with Crippen LogP contribution >= 0.6 is 0 Å². The molecular formula is C55H38F18N3+. The molecule has 3 nitrogen and oxygen atoms in total. The third-order valence-electron chi connectivity index (χ3n) is 13.6. The maximum Gasteiger partial charge on any atom is 0.460 e. The number of aryl methyl sites for hydroxylation is 2. The van der Waals surface area contributed by atoms with Crippen molar-refractivity contribution in [2.45, 2.75) is 86.7 Å². The molecule has 0 spiro atoms. The molecular weight excluding hydrogens is 1040 g/mol. The molecule has 2 heterocycles. The third-order valence-corrected chi connectivity index (χ3v) is 13.6. The molecule has 21 heteroatoms. The Labute approximate surface area is 418 Å². The summed E-state index contributed by atoms with van der Waals surface area (Å²) in [5.41, 5.74) is 2.92. The molecule has 2 aromatic heterocycles. The van der Waals surface area contributed by atoms with Gasteiger partial charge < -0.3 is 9.13 Å². The summed E-state index contributed by atoms with van der Waals surface area (Å²) in [6.07, 6.45) is -11.9. The quantitative estimate of drug-likeness (QED) is 0.0760. The average Bonchev–Trinajstić information content (AvgIpc) is 4.04. The molecule has 8 aromatic rings. The fourth-order valence-electron chi connectivity index (χ4n) is 9.79. The monoisotopic (exact) mass is 1080 g/mol. The van der Waals surface area contributed by atoms with Gasteiger partial charge >= 0.3 is 47.9 Å². The van der Waals surface area contributed by atoms with E-state index in [1.807, 2.05) is 4.58 Å². The molecule has 0 saturated heterocycles. The van der Waals surface area contributed by atoms with Gasteiger partial charge in [0.25, 0.3) is 0 Å². The highest BCUT2D eigenvalue weighted by Gasteiger charge is 2.82. The lowest BCUT2D eigenvalue weighted by atomic mass is 10.0. The Morgan fingerprint density at radius 1 is 0.382 bits per heavy atom.